The number of aliphatic carboxylic acids is 1. The second kappa shape index (κ2) is 11.6. The van der Waals surface area contributed by atoms with Crippen LogP contribution >= 0.6 is 0 Å². The second-order valence-corrected chi connectivity index (χ2v) is 10.2. The van der Waals surface area contributed by atoms with Gasteiger partial charge in [0, 0.05) is 23.0 Å². The molecule has 0 unspecified atom stereocenters. The van der Waals surface area contributed by atoms with Crippen LogP contribution in [-0.4, -0.2) is 50.8 Å². The summed E-state index contributed by atoms with van der Waals surface area (Å²) in [6.45, 7) is 6.22. The molecule has 3 aromatic carbocycles. The molecule has 9 nitrogen and oxygen atoms in total. The molecule has 3 atom stereocenters. The first-order valence-electron chi connectivity index (χ1n) is 13.7. The summed E-state index contributed by atoms with van der Waals surface area (Å²) < 4.78 is 33.6. The third-order valence-corrected chi connectivity index (χ3v) is 7.79. The highest BCUT2D eigenvalue weighted by Gasteiger charge is 2.55. The van der Waals surface area contributed by atoms with Gasteiger partial charge in [0.25, 0.3) is 0 Å². The smallest absolute Gasteiger partial charge is 0.344 e. The van der Waals surface area contributed by atoms with Gasteiger partial charge in [-0.1, -0.05) is 32.0 Å². The Morgan fingerprint density at radius 2 is 1.73 bits per heavy atom. The van der Waals surface area contributed by atoms with Crippen molar-refractivity contribution >= 4 is 11.9 Å². The number of carboxylic acids is 1. The van der Waals surface area contributed by atoms with Gasteiger partial charge in [0.1, 0.15) is 17.2 Å². The summed E-state index contributed by atoms with van der Waals surface area (Å²) in [7, 11) is 1.53. The SMILES string of the molecule is CCCOc1ccc2c(c1)[C@@H](c1ccc(OC)cc1OCC(=O)OCC)[C@H](C(=O)O)[C@@]2(C)c1ccc2c(c1)OCO2. The Labute approximate surface area is 238 Å². The standard InChI is InChI=1S/C32H34O9/c1-5-13-38-21-9-11-24-23(15-21)29(22-10-8-20(36-4)16-26(22)39-17-28(33)37-6-2)30(31(34)35)32(24,3)19-7-12-25-27(14-19)41-18-40-25/h7-12,14-16,29-30H,5-6,13,17-18H2,1-4H3,(H,34,35)/t29-,30-,32+/m1/s1. The topological polar surface area (TPSA) is 110 Å². The van der Waals surface area contributed by atoms with Gasteiger partial charge < -0.3 is 33.5 Å². The Morgan fingerprint density at radius 1 is 0.951 bits per heavy atom. The van der Waals surface area contributed by atoms with Gasteiger partial charge in [-0.25, -0.2) is 4.79 Å². The Bertz CT molecular complexity index is 1450. The van der Waals surface area contributed by atoms with Gasteiger partial charge in [-0.15, -0.1) is 0 Å². The Morgan fingerprint density at radius 3 is 2.46 bits per heavy atom. The van der Waals surface area contributed by atoms with Crippen LogP contribution in [0.1, 0.15) is 55.4 Å². The van der Waals surface area contributed by atoms with Crippen LogP contribution in [0.3, 0.4) is 0 Å². The van der Waals surface area contributed by atoms with Gasteiger partial charge >= 0.3 is 11.9 Å². The van der Waals surface area contributed by atoms with Gasteiger partial charge in [0.15, 0.2) is 18.1 Å². The van der Waals surface area contributed by atoms with Crippen molar-refractivity contribution < 1.29 is 43.1 Å². The first-order chi connectivity index (χ1) is 19.8. The fraction of sp³-hybridized carbons (Fsp3) is 0.375. The molecule has 0 saturated carbocycles. The molecule has 1 heterocycles. The van der Waals surface area contributed by atoms with Gasteiger partial charge in [-0.05, 0) is 60.4 Å². The van der Waals surface area contributed by atoms with E-state index in [0.29, 0.717) is 40.9 Å². The van der Waals surface area contributed by atoms with Crippen molar-refractivity contribution in [2.45, 2.75) is 38.5 Å². The number of carbonyl (C=O) groups is 2. The van der Waals surface area contributed by atoms with Crippen molar-refractivity contribution in [2.75, 3.05) is 33.7 Å². The van der Waals surface area contributed by atoms with Gasteiger partial charge in [-0.3, -0.25) is 4.79 Å². The fourth-order valence-corrected chi connectivity index (χ4v) is 5.92. The van der Waals surface area contributed by atoms with Crippen LogP contribution in [0.5, 0.6) is 28.7 Å². The molecule has 1 aliphatic carbocycles. The van der Waals surface area contributed by atoms with Crippen molar-refractivity contribution in [3.05, 3.63) is 76.9 Å². The molecule has 0 amide bonds. The molecule has 9 heteroatoms. The summed E-state index contributed by atoms with van der Waals surface area (Å²) in [6.07, 6.45) is 0.831. The number of hydrogen-bond acceptors (Lipinski definition) is 8. The van der Waals surface area contributed by atoms with Crippen LogP contribution in [0.4, 0.5) is 0 Å². The molecule has 0 radical (unpaired) electrons. The number of ether oxygens (including phenoxy) is 6. The molecule has 0 fully saturated rings. The normalized spacial score (nSPS) is 20.3. The van der Waals surface area contributed by atoms with Crippen LogP contribution in [0.25, 0.3) is 0 Å². The minimum Gasteiger partial charge on any atom is -0.497 e. The van der Waals surface area contributed by atoms with E-state index in [-0.39, 0.29) is 20.0 Å². The second-order valence-electron chi connectivity index (χ2n) is 10.2. The van der Waals surface area contributed by atoms with Crippen molar-refractivity contribution in [1.82, 2.24) is 0 Å². The summed E-state index contributed by atoms with van der Waals surface area (Å²) in [6, 6.07) is 16.5. The molecule has 41 heavy (non-hydrogen) atoms. The van der Waals surface area contributed by atoms with E-state index >= 15 is 0 Å². The molecule has 2 aliphatic rings. The zero-order chi connectivity index (χ0) is 29.1. The lowest BCUT2D eigenvalue weighted by Crippen LogP contribution is -2.37. The van der Waals surface area contributed by atoms with Crippen LogP contribution in [0.15, 0.2) is 54.6 Å². The number of methoxy groups -OCH3 is 1. The monoisotopic (exact) mass is 562 g/mol. The number of benzene rings is 3. The van der Waals surface area contributed by atoms with E-state index in [0.717, 1.165) is 23.1 Å². The highest BCUT2D eigenvalue weighted by molar-refractivity contribution is 5.80. The number of rotatable bonds is 11. The average molecular weight is 563 g/mol. The van der Waals surface area contributed by atoms with Crippen LogP contribution in [0, 0.1) is 5.92 Å². The molecule has 1 aliphatic heterocycles. The quantitative estimate of drug-likeness (QED) is 0.311. The predicted octanol–water partition coefficient (Wildman–Crippen LogP) is 5.31. The fourth-order valence-electron chi connectivity index (χ4n) is 5.92. The van der Waals surface area contributed by atoms with Crippen LogP contribution < -0.4 is 23.7 Å². The summed E-state index contributed by atoms with van der Waals surface area (Å²) in [5.74, 6) is -0.402. The van der Waals surface area contributed by atoms with Gasteiger partial charge in [0.2, 0.25) is 6.79 Å². The zero-order valence-electron chi connectivity index (χ0n) is 23.6. The van der Waals surface area contributed by atoms with Crippen molar-refractivity contribution in [3.8, 4) is 28.7 Å². The average Bonchev–Trinajstić information content (AvgIpc) is 3.55. The number of hydrogen-bond donors (Lipinski definition) is 1. The Hall–Kier alpha value is -4.40. The maximum Gasteiger partial charge on any atom is 0.344 e. The number of carbonyl (C=O) groups excluding carboxylic acids is 1. The molecule has 0 spiro atoms. The summed E-state index contributed by atoms with van der Waals surface area (Å²) in [4.78, 5) is 25.5. The molecule has 1 N–H and O–H groups in total. The third kappa shape index (κ3) is 5.12. The van der Waals surface area contributed by atoms with E-state index in [1.54, 1.807) is 25.1 Å². The molecular formula is C32H34O9. The molecule has 0 aromatic heterocycles. The Balaban J connectivity index is 1.70. The lowest BCUT2D eigenvalue weighted by atomic mass is 9.68. The predicted molar refractivity (Wildman–Crippen MR) is 149 cm³/mol. The molecule has 216 valence electrons. The number of esters is 1. The first-order valence-corrected chi connectivity index (χ1v) is 13.7. The van der Waals surface area contributed by atoms with Crippen molar-refractivity contribution in [3.63, 3.8) is 0 Å². The highest BCUT2D eigenvalue weighted by atomic mass is 16.7. The number of fused-ring (bicyclic) bond motifs is 2. The summed E-state index contributed by atoms with van der Waals surface area (Å²) in [5, 5.41) is 10.9. The summed E-state index contributed by atoms with van der Waals surface area (Å²) in [5.41, 5.74) is 2.08. The van der Waals surface area contributed by atoms with E-state index in [1.165, 1.54) is 7.11 Å². The van der Waals surface area contributed by atoms with E-state index in [4.69, 9.17) is 28.4 Å². The lowest BCUT2D eigenvalue weighted by Gasteiger charge is -2.33. The van der Waals surface area contributed by atoms with Crippen LogP contribution in [0.2, 0.25) is 0 Å². The van der Waals surface area contributed by atoms with E-state index in [2.05, 4.69) is 0 Å². The molecular weight excluding hydrogens is 528 g/mol. The third-order valence-electron chi connectivity index (χ3n) is 7.79. The summed E-state index contributed by atoms with van der Waals surface area (Å²) >= 11 is 0. The molecule has 5 rings (SSSR count). The molecule has 0 bridgehead atoms. The van der Waals surface area contributed by atoms with Crippen molar-refractivity contribution in [2.24, 2.45) is 5.92 Å². The maximum atomic E-state index is 13.3. The zero-order valence-corrected chi connectivity index (χ0v) is 23.6. The molecule has 3 aromatic rings. The Kier molecular flexibility index (Phi) is 7.97. The minimum absolute atomic E-state index is 0.113. The van der Waals surface area contributed by atoms with E-state index in [1.807, 2.05) is 50.2 Å². The van der Waals surface area contributed by atoms with Crippen LogP contribution in [-0.2, 0) is 19.7 Å². The van der Waals surface area contributed by atoms with E-state index < -0.39 is 29.2 Å². The minimum atomic E-state index is -0.977. The van der Waals surface area contributed by atoms with Gasteiger partial charge in [-0.2, -0.15) is 0 Å². The lowest BCUT2D eigenvalue weighted by molar-refractivity contribution is -0.146. The van der Waals surface area contributed by atoms with E-state index in [9.17, 15) is 14.7 Å². The van der Waals surface area contributed by atoms with Crippen molar-refractivity contribution in [1.29, 1.82) is 0 Å². The van der Waals surface area contributed by atoms with Gasteiger partial charge in [0.05, 0.1) is 26.2 Å². The maximum absolute atomic E-state index is 13.3. The number of carboxylic acid groups (broad SMARTS) is 1. The largest absolute Gasteiger partial charge is 0.497 e. The highest BCUT2D eigenvalue weighted by Crippen LogP contribution is 2.59. The first kappa shape index (κ1) is 28.1. The molecule has 0 saturated heterocycles.